The molecule has 1 aliphatic carbocycles. The molecule has 1 saturated carbocycles. The quantitative estimate of drug-likeness (QED) is 0.823. The maximum absolute atomic E-state index is 12.3. The van der Waals surface area contributed by atoms with Crippen LogP contribution in [0.3, 0.4) is 0 Å². The highest BCUT2D eigenvalue weighted by Gasteiger charge is 2.26. The standard InChI is InChI=1S/C14H11Cl2N3O2S/c15-9-3-4-10(16)18-11(9)13(21)19-14-8(5-6-22-14)12(20)17-7-1-2-7/h3-7H,1-2H2,(H,17,20)(H,19,21). The molecule has 1 fully saturated rings. The zero-order valence-corrected chi connectivity index (χ0v) is 13.6. The Hall–Kier alpha value is -1.63. The lowest BCUT2D eigenvalue weighted by Gasteiger charge is -2.07. The van der Waals surface area contributed by atoms with Crippen LogP contribution in [0.5, 0.6) is 0 Å². The Morgan fingerprint density at radius 2 is 1.95 bits per heavy atom. The first-order valence-electron chi connectivity index (χ1n) is 6.56. The van der Waals surface area contributed by atoms with Crippen molar-refractivity contribution in [2.24, 2.45) is 0 Å². The largest absolute Gasteiger partial charge is 0.349 e. The monoisotopic (exact) mass is 355 g/mol. The summed E-state index contributed by atoms with van der Waals surface area (Å²) < 4.78 is 0. The number of anilines is 1. The van der Waals surface area contributed by atoms with E-state index in [4.69, 9.17) is 23.2 Å². The molecule has 0 unspecified atom stereocenters. The fraction of sp³-hybridized carbons (Fsp3) is 0.214. The van der Waals surface area contributed by atoms with E-state index >= 15 is 0 Å². The molecule has 0 bridgehead atoms. The van der Waals surface area contributed by atoms with Crippen molar-refractivity contribution in [1.29, 1.82) is 0 Å². The minimum Gasteiger partial charge on any atom is -0.349 e. The Labute approximate surface area is 140 Å². The average Bonchev–Trinajstić information content (AvgIpc) is 3.17. The van der Waals surface area contributed by atoms with Gasteiger partial charge in [-0.05, 0) is 36.4 Å². The van der Waals surface area contributed by atoms with Crippen LogP contribution in [-0.4, -0.2) is 22.8 Å². The van der Waals surface area contributed by atoms with E-state index in [1.807, 2.05) is 0 Å². The van der Waals surface area contributed by atoms with E-state index < -0.39 is 5.91 Å². The van der Waals surface area contributed by atoms with Crippen molar-refractivity contribution < 1.29 is 9.59 Å². The minimum atomic E-state index is -0.504. The van der Waals surface area contributed by atoms with Gasteiger partial charge in [-0.1, -0.05) is 23.2 Å². The van der Waals surface area contributed by atoms with Crippen LogP contribution < -0.4 is 10.6 Å². The van der Waals surface area contributed by atoms with Crippen molar-refractivity contribution >= 4 is 51.4 Å². The first-order chi connectivity index (χ1) is 10.5. The zero-order valence-electron chi connectivity index (χ0n) is 11.2. The van der Waals surface area contributed by atoms with Gasteiger partial charge in [0.1, 0.15) is 15.8 Å². The van der Waals surface area contributed by atoms with E-state index in [9.17, 15) is 9.59 Å². The van der Waals surface area contributed by atoms with Gasteiger partial charge < -0.3 is 10.6 Å². The van der Waals surface area contributed by atoms with Crippen LogP contribution in [0.4, 0.5) is 5.00 Å². The molecular formula is C14H11Cl2N3O2S. The predicted octanol–water partition coefficient (Wildman–Crippen LogP) is 3.59. The molecule has 5 nitrogen and oxygen atoms in total. The molecule has 0 spiro atoms. The summed E-state index contributed by atoms with van der Waals surface area (Å²) in [4.78, 5) is 28.3. The Morgan fingerprint density at radius 3 is 2.68 bits per heavy atom. The van der Waals surface area contributed by atoms with Crippen molar-refractivity contribution in [3.05, 3.63) is 45.0 Å². The van der Waals surface area contributed by atoms with Crippen molar-refractivity contribution in [1.82, 2.24) is 10.3 Å². The van der Waals surface area contributed by atoms with E-state index in [0.29, 0.717) is 10.6 Å². The van der Waals surface area contributed by atoms with E-state index in [0.717, 1.165) is 12.8 Å². The number of halogens is 2. The SMILES string of the molecule is O=C(NC1CC1)c1ccsc1NC(=O)c1nc(Cl)ccc1Cl. The second-order valence-electron chi connectivity index (χ2n) is 4.83. The molecule has 0 radical (unpaired) electrons. The first-order valence-corrected chi connectivity index (χ1v) is 8.20. The molecule has 2 amide bonds. The van der Waals surface area contributed by atoms with E-state index in [1.54, 1.807) is 11.4 Å². The molecule has 2 aromatic rings. The number of hydrogen-bond donors (Lipinski definition) is 2. The third kappa shape index (κ3) is 3.40. The molecule has 3 rings (SSSR count). The number of thiophene rings is 1. The van der Waals surface area contributed by atoms with Crippen molar-refractivity contribution in [3.8, 4) is 0 Å². The Kier molecular flexibility index (Phi) is 4.33. The number of nitrogens with one attached hydrogen (secondary N) is 2. The van der Waals surface area contributed by atoms with Gasteiger partial charge in [-0.3, -0.25) is 9.59 Å². The van der Waals surface area contributed by atoms with Gasteiger partial charge in [0.15, 0.2) is 0 Å². The third-order valence-electron chi connectivity index (χ3n) is 3.08. The maximum atomic E-state index is 12.3. The van der Waals surface area contributed by atoms with Crippen LogP contribution >= 0.6 is 34.5 Å². The van der Waals surface area contributed by atoms with Crippen molar-refractivity contribution in [2.45, 2.75) is 18.9 Å². The number of pyridine rings is 1. The van der Waals surface area contributed by atoms with E-state index in [1.165, 1.54) is 23.5 Å². The van der Waals surface area contributed by atoms with Crippen molar-refractivity contribution in [3.63, 3.8) is 0 Å². The second-order valence-corrected chi connectivity index (χ2v) is 6.54. The highest BCUT2D eigenvalue weighted by atomic mass is 35.5. The Balaban J connectivity index is 1.78. The predicted molar refractivity (Wildman–Crippen MR) is 87.0 cm³/mol. The van der Waals surface area contributed by atoms with Gasteiger partial charge in [0.05, 0.1) is 10.6 Å². The van der Waals surface area contributed by atoms with Gasteiger partial charge in [-0.15, -0.1) is 11.3 Å². The molecular weight excluding hydrogens is 345 g/mol. The normalized spacial score (nSPS) is 13.7. The van der Waals surface area contributed by atoms with Gasteiger partial charge in [-0.2, -0.15) is 0 Å². The topological polar surface area (TPSA) is 71.1 Å². The van der Waals surface area contributed by atoms with Crippen molar-refractivity contribution in [2.75, 3.05) is 5.32 Å². The summed E-state index contributed by atoms with van der Waals surface area (Å²) >= 11 is 13.0. The van der Waals surface area contributed by atoms with Crippen LogP contribution in [0.1, 0.15) is 33.7 Å². The number of amides is 2. The maximum Gasteiger partial charge on any atom is 0.276 e. The molecule has 2 heterocycles. The van der Waals surface area contributed by atoms with Gasteiger partial charge in [0, 0.05) is 6.04 Å². The van der Waals surface area contributed by atoms with Crippen LogP contribution in [0.15, 0.2) is 23.6 Å². The van der Waals surface area contributed by atoms with E-state index in [-0.39, 0.29) is 27.8 Å². The lowest BCUT2D eigenvalue weighted by Crippen LogP contribution is -2.26. The summed E-state index contributed by atoms with van der Waals surface area (Å²) in [5.41, 5.74) is 0.458. The van der Waals surface area contributed by atoms with Gasteiger partial charge in [0.2, 0.25) is 0 Å². The molecule has 1 aliphatic rings. The number of aromatic nitrogens is 1. The Morgan fingerprint density at radius 1 is 1.18 bits per heavy atom. The highest BCUT2D eigenvalue weighted by Crippen LogP contribution is 2.27. The molecule has 0 atom stereocenters. The summed E-state index contributed by atoms with van der Waals surface area (Å²) in [6.07, 6.45) is 2.00. The molecule has 2 N–H and O–H groups in total. The van der Waals surface area contributed by atoms with Gasteiger partial charge in [0.25, 0.3) is 11.8 Å². The second kappa shape index (κ2) is 6.24. The molecule has 0 aliphatic heterocycles. The molecule has 8 heteroatoms. The molecule has 0 saturated heterocycles. The summed E-state index contributed by atoms with van der Waals surface area (Å²) in [6.45, 7) is 0. The summed E-state index contributed by atoms with van der Waals surface area (Å²) in [7, 11) is 0. The summed E-state index contributed by atoms with van der Waals surface area (Å²) in [6, 6.07) is 4.92. The third-order valence-corrected chi connectivity index (χ3v) is 4.42. The first kappa shape index (κ1) is 15.3. The molecule has 114 valence electrons. The number of hydrogen-bond acceptors (Lipinski definition) is 4. The highest BCUT2D eigenvalue weighted by molar-refractivity contribution is 7.14. The summed E-state index contributed by atoms with van der Waals surface area (Å²) in [5, 5.41) is 8.12. The molecule has 2 aromatic heterocycles. The number of rotatable bonds is 4. The lowest BCUT2D eigenvalue weighted by molar-refractivity contribution is 0.0952. The van der Waals surface area contributed by atoms with Crippen LogP contribution in [0.25, 0.3) is 0 Å². The minimum absolute atomic E-state index is 0.0242. The van der Waals surface area contributed by atoms with Crippen LogP contribution in [0, 0.1) is 0 Å². The fourth-order valence-corrected chi connectivity index (χ4v) is 2.93. The molecule has 0 aromatic carbocycles. The van der Waals surface area contributed by atoms with Gasteiger partial charge in [-0.25, -0.2) is 4.98 Å². The summed E-state index contributed by atoms with van der Waals surface area (Å²) in [5.74, 6) is -0.695. The molecule has 22 heavy (non-hydrogen) atoms. The lowest BCUT2D eigenvalue weighted by atomic mass is 10.3. The smallest absolute Gasteiger partial charge is 0.276 e. The fourth-order valence-electron chi connectivity index (χ4n) is 1.82. The Bertz CT molecular complexity index is 743. The van der Waals surface area contributed by atoms with Gasteiger partial charge >= 0.3 is 0 Å². The van der Waals surface area contributed by atoms with Crippen LogP contribution in [-0.2, 0) is 0 Å². The number of nitrogens with zero attached hydrogens (tertiary/aromatic N) is 1. The zero-order chi connectivity index (χ0) is 15.7. The van der Waals surface area contributed by atoms with Crippen LogP contribution in [0.2, 0.25) is 10.2 Å². The average molecular weight is 356 g/mol. The number of carbonyl (C=O) groups excluding carboxylic acids is 2. The van der Waals surface area contributed by atoms with E-state index in [2.05, 4.69) is 15.6 Å². The number of carbonyl (C=O) groups is 2.